The van der Waals surface area contributed by atoms with E-state index in [-0.39, 0.29) is 0 Å². The molecule has 2 unspecified atom stereocenters. The van der Waals surface area contributed by atoms with Crippen LogP contribution in [0.2, 0.25) is 0 Å². The summed E-state index contributed by atoms with van der Waals surface area (Å²) in [6.45, 7) is 9.32. The number of imidazole rings is 1. The maximum atomic E-state index is 4.80. The molecule has 0 radical (unpaired) electrons. The van der Waals surface area contributed by atoms with Gasteiger partial charge in [0.2, 0.25) is 0 Å². The van der Waals surface area contributed by atoms with Crippen molar-refractivity contribution in [2.24, 2.45) is 0 Å². The molecule has 170 valence electrons. The van der Waals surface area contributed by atoms with Crippen LogP contribution in [0, 0.1) is 0 Å². The van der Waals surface area contributed by atoms with Gasteiger partial charge in [-0.15, -0.1) is 0 Å². The van der Waals surface area contributed by atoms with Crippen molar-refractivity contribution in [3.8, 4) is 0 Å². The molecule has 0 amide bonds. The van der Waals surface area contributed by atoms with Crippen LogP contribution in [0.25, 0.3) is 0 Å². The van der Waals surface area contributed by atoms with E-state index in [0.717, 1.165) is 0 Å². The Morgan fingerprint density at radius 1 is 0.690 bits per heavy atom. The first-order valence-electron chi connectivity index (χ1n) is 13.3. The summed E-state index contributed by atoms with van der Waals surface area (Å²) in [5, 5.41) is 0. The van der Waals surface area contributed by atoms with Gasteiger partial charge in [0, 0.05) is 24.4 Å². The highest BCUT2D eigenvalue weighted by Crippen LogP contribution is 2.28. The van der Waals surface area contributed by atoms with Gasteiger partial charge in [-0.2, -0.15) is 0 Å². The molecule has 0 aliphatic heterocycles. The molecule has 0 bridgehead atoms. The largest absolute Gasteiger partial charge is 0.332 e. The predicted molar refractivity (Wildman–Crippen MR) is 130 cm³/mol. The number of rotatable bonds is 20. The quantitative estimate of drug-likeness (QED) is 0.198. The van der Waals surface area contributed by atoms with Gasteiger partial charge in [0.25, 0.3) is 0 Å². The normalized spacial score (nSPS) is 13.7. The molecule has 0 saturated heterocycles. The maximum absolute atomic E-state index is 4.80. The fourth-order valence-corrected chi connectivity index (χ4v) is 4.59. The van der Waals surface area contributed by atoms with E-state index in [1.807, 2.05) is 6.20 Å². The Labute approximate surface area is 183 Å². The van der Waals surface area contributed by atoms with Crippen LogP contribution in [0.4, 0.5) is 0 Å². The van der Waals surface area contributed by atoms with Crippen molar-refractivity contribution in [3.05, 3.63) is 18.2 Å². The number of nitrogens with zero attached hydrogens (tertiary/aromatic N) is 2. The molecule has 0 aliphatic rings. The first-order valence-corrected chi connectivity index (χ1v) is 13.3. The highest BCUT2D eigenvalue weighted by molar-refractivity contribution is 5.02. The molecule has 0 N–H and O–H groups in total. The SMILES string of the molecule is CCCCCCCCCCCC(CC)c1nccn1C(C)CCCCCCCC. The number of aromatic nitrogens is 2. The zero-order chi connectivity index (χ0) is 21.2. The fourth-order valence-electron chi connectivity index (χ4n) is 4.59. The molecule has 0 aromatic carbocycles. The van der Waals surface area contributed by atoms with Crippen LogP contribution in [0.3, 0.4) is 0 Å². The molecule has 1 aromatic rings. The lowest BCUT2D eigenvalue weighted by molar-refractivity contribution is 0.425. The molecular weight excluding hydrogens is 352 g/mol. The zero-order valence-corrected chi connectivity index (χ0v) is 20.4. The fraction of sp³-hybridized carbons (Fsp3) is 0.889. The third-order valence-electron chi connectivity index (χ3n) is 6.66. The van der Waals surface area contributed by atoms with Crippen molar-refractivity contribution >= 4 is 0 Å². The molecule has 0 saturated carbocycles. The van der Waals surface area contributed by atoms with Gasteiger partial charge in [0.05, 0.1) is 0 Å². The summed E-state index contributed by atoms with van der Waals surface area (Å²) >= 11 is 0. The van der Waals surface area contributed by atoms with Crippen molar-refractivity contribution in [1.29, 1.82) is 0 Å². The Morgan fingerprint density at radius 3 is 1.69 bits per heavy atom. The van der Waals surface area contributed by atoms with Gasteiger partial charge in [0.1, 0.15) is 5.82 Å². The third kappa shape index (κ3) is 11.8. The van der Waals surface area contributed by atoms with Gasteiger partial charge in [-0.1, -0.05) is 117 Å². The first kappa shape index (κ1) is 26.2. The molecule has 0 spiro atoms. The van der Waals surface area contributed by atoms with Crippen LogP contribution in [-0.2, 0) is 0 Å². The average molecular weight is 405 g/mol. The molecule has 2 nitrogen and oxygen atoms in total. The molecule has 29 heavy (non-hydrogen) atoms. The molecule has 2 heteroatoms. The van der Waals surface area contributed by atoms with Crippen molar-refractivity contribution in [1.82, 2.24) is 9.55 Å². The van der Waals surface area contributed by atoms with Crippen molar-refractivity contribution in [2.75, 3.05) is 0 Å². The topological polar surface area (TPSA) is 17.8 Å². The third-order valence-corrected chi connectivity index (χ3v) is 6.66. The average Bonchev–Trinajstić information content (AvgIpc) is 3.21. The van der Waals surface area contributed by atoms with E-state index in [2.05, 4.69) is 38.5 Å². The minimum absolute atomic E-state index is 0.593. The molecule has 0 fully saturated rings. The molecule has 0 aliphatic carbocycles. The van der Waals surface area contributed by atoms with Crippen LogP contribution in [0.1, 0.15) is 161 Å². The van der Waals surface area contributed by atoms with Crippen LogP contribution >= 0.6 is 0 Å². The summed E-state index contributed by atoms with van der Waals surface area (Å²) in [6.07, 6.45) is 29.1. The second-order valence-electron chi connectivity index (χ2n) is 9.32. The lowest BCUT2D eigenvalue weighted by Gasteiger charge is -2.21. The minimum Gasteiger partial charge on any atom is -0.332 e. The van der Waals surface area contributed by atoms with E-state index in [4.69, 9.17) is 4.98 Å². The number of unbranched alkanes of at least 4 members (excludes halogenated alkanes) is 13. The predicted octanol–water partition coefficient (Wildman–Crippen LogP) is 9.61. The summed E-state index contributed by atoms with van der Waals surface area (Å²) in [6, 6.07) is 0.593. The molecule has 1 rings (SSSR count). The highest BCUT2D eigenvalue weighted by Gasteiger charge is 2.17. The van der Waals surface area contributed by atoms with E-state index >= 15 is 0 Å². The molecule has 1 aromatic heterocycles. The van der Waals surface area contributed by atoms with Crippen LogP contribution in [0.5, 0.6) is 0 Å². The first-order chi connectivity index (χ1) is 14.2. The summed E-state index contributed by atoms with van der Waals surface area (Å²) in [5.74, 6) is 1.99. The van der Waals surface area contributed by atoms with Gasteiger partial charge in [-0.25, -0.2) is 4.98 Å². The van der Waals surface area contributed by atoms with Crippen molar-refractivity contribution in [3.63, 3.8) is 0 Å². The van der Waals surface area contributed by atoms with Crippen molar-refractivity contribution in [2.45, 2.75) is 155 Å². The van der Waals surface area contributed by atoms with E-state index < -0.39 is 0 Å². The summed E-state index contributed by atoms with van der Waals surface area (Å²) in [4.78, 5) is 4.80. The van der Waals surface area contributed by atoms with Gasteiger partial charge >= 0.3 is 0 Å². The Hall–Kier alpha value is -0.790. The zero-order valence-electron chi connectivity index (χ0n) is 20.4. The second-order valence-corrected chi connectivity index (χ2v) is 9.32. The monoisotopic (exact) mass is 404 g/mol. The van der Waals surface area contributed by atoms with Crippen LogP contribution < -0.4 is 0 Å². The Balaban J connectivity index is 2.27. The van der Waals surface area contributed by atoms with Gasteiger partial charge in [-0.05, 0) is 26.2 Å². The number of hydrogen-bond donors (Lipinski definition) is 0. The lowest BCUT2D eigenvalue weighted by atomic mass is 9.96. The number of hydrogen-bond acceptors (Lipinski definition) is 1. The van der Waals surface area contributed by atoms with Crippen molar-refractivity contribution < 1.29 is 0 Å². The van der Waals surface area contributed by atoms with Gasteiger partial charge in [-0.3, -0.25) is 0 Å². The van der Waals surface area contributed by atoms with E-state index in [9.17, 15) is 0 Å². The molecule has 1 heterocycles. The minimum atomic E-state index is 0.593. The maximum Gasteiger partial charge on any atom is 0.111 e. The molecular formula is C27H52N2. The highest BCUT2D eigenvalue weighted by atomic mass is 15.1. The van der Waals surface area contributed by atoms with Crippen LogP contribution in [-0.4, -0.2) is 9.55 Å². The summed E-state index contributed by atoms with van der Waals surface area (Å²) in [7, 11) is 0. The Bertz CT molecular complexity index is 465. The van der Waals surface area contributed by atoms with E-state index in [1.165, 1.54) is 121 Å². The summed E-state index contributed by atoms with van der Waals surface area (Å²) < 4.78 is 2.49. The van der Waals surface area contributed by atoms with Crippen LogP contribution in [0.15, 0.2) is 12.4 Å². The second kappa shape index (κ2) is 18.0. The summed E-state index contributed by atoms with van der Waals surface area (Å²) in [5.41, 5.74) is 0. The van der Waals surface area contributed by atoms with E-state index in [1.54, 1.807) is 0 Å². The Morgan fingerprint density at radius 2 is 1.17 bits per heavy atom. The molecule has 2 atom stereocenters. The smallest absolute Gasteiger partial charge is 0.111 e. The van der Waals surface area contributed by atoms with E-state index in [0.29, 0.717) is 12.0 Å². The standard InChI is InChI=1S/C27H52N2/c1-5-8-10-12-14-15-16-18-20-22-26(7-3)27-28-23-24-29(27)25(4)21-19-17-13-11-9-6-2/h23-26H,5-22H2,1-4H3. The Kier molecular flexibility index (Phi) is 16.3. The van der Waals surface area contributed by atoms with Gasteiger partial charge in [0.15, 0.2) is 0 Å². The lowest BCUT2D eigenvalue weighted by Crippen LogP contribution is -2.12. The van der Waals surface area contributed by atoms with Gasteiger partial charge < -0.3 is 4.57 Å².